The van der Waals surface area contributed by atoms with Gasteiger partial charge in [0.05, 0.1) is 6.61 Å². The van der Waals surface area contributed by atoms with Crippen LogP contribution in [0.2, 0.25) is 0 Å². The normalized spacial score (nSPS) is 27.2. The molecule has 0 amide bonds. The van der Waals surface area contributed by atoms with E-state index in [-0.39, 0.29) is 17.4 Å². The first-order valence-corrected chi connectivity index (χ1v) is 5.78. The van der Waals surface area contributed by atoms with Gasteiger partial charge in [-0.3, -0.25) is 0 Å². The predicted octanol–water partition coefficient (Wildman–Crippen LogP) is 2.83. The fourth-order valence-electron chi connectivity index (χ4n) is 3.01. The highest BCUT2D eigenvalue weighted by atomic mass is 16.3. The molecule has 2 heteroatoms. The minimum absolute atomic E-state index is 0.0443. The number of aromatic nitrogens is 1. The number of aliphatic hydroxyl groups excluding tert-OH is 1. The molecule has 2 aromatic rings. The summed E-state index contributed by atoms with van der Waals surface area (Å²) in [6.07, 6.45) is 3.03. The van der Waals surface area contributed by atoms with Crippen molar-refractivity contribution in [2.24, 2.45) is 5.41 Å². The molecular weight excluding hydrogens is 198 g/mol. The van der Waals surface area contributed by atoms with Gasteiger partial charge in [0, 0.05) is 17.1 Å². The maximum atomic E-state index is 9.73. The number of fused-ring (bicyclic) bond motifs is 1. The SMILES string of the molecule is CC1(C)CC1(CO)c1cccc2cc[nH]c12. The van der Waals surface area contributed by atoms with Crippen molar-refractivity contribution >= 4 is 10.9 Å². The first-order chi connectivity index (χ1) is 7.61. The number of aliphatic hydroxyl groups is 1. The lowest BCUT2D eigenvalue weighted by Gasteiger charge is -2.19. The van der Waals surface area contributed by atoms with E-state index in [1.807, 2.05) is 6.20 Å². The Hall–Kier alpha value is -1.28. The molecule has 1 heterocycles. The zero-order valence-electron chi connectivity index (χ0n) is 9.75. The van der Waals surface area contributed by atoms with Crippen LogP contribution >= 0.6 is 0 Å². The van der Waals surface area contributed by atoms with E-state index in [1.165, 1.54) is 16.5 Å². The van der Waals surface area contributed by atoms with Gasteiger partial charge in [-0.2, -0.15) is 0 Å². The van der Waals surface area contributed by atoms with Gasteiger partial charge in [0.25, 0.3) is 0 Å². The molecule has 1 aliphatic rings. The van der Waals surface area contributed by atoms with E-state index in [0.29, 0.717) is 0 Å². The third kappa shape index (κ3) is 1.05. The number of para-hydroxylation sites is 1. The monoisotopic (exact) mass is 215 g/mol. The van der Waals surface area contributed by atoms with Crippen LogP contribution in [0, 0.1) is 5.41 Å². The number of benzene rings is 1. The molecule has 3 rings (SSSR count). The molecule has 0 bridgehead atoms. The summed E-state index contributed by atoms with van der Waals surface area (Å²) >= 11 is 0. The molecule has 2 N–H and O–H groups in total. The molecule has 0 saturated heterocycles. The first-order valence-electron chi connectivity index (χ1n) is 5.78. The second-order valence-electron chi connectivity index (χ2n) is 5.55. The van der Waals surface area contributed by atoms with Gasteiger partial charge >= 0.3 is 0 Å². The zero-order chi connectivity index (χ0) is 11.4. The largest absolute Gasteiger partial charge is 0.395 e. The van der Waals surface area contributed by atoms with Crippen LogP contribution in [-0.4, -0.2) is 16.7 Å². The number of aromatic amines is 1. The van der Waals surface area contributed by atoms with Crippen molar-refractivity contribution in [1.82, 2.24) is 4.98 Å². The number of H-pyrrole nitrogens is 1. The number of nitrogens with one attached hydrogen (secondary N) is 1. The summed E-state index contributed by atoms with van der Waals surface area (Å²) in [6, 6.07) is 8.41. The summed E-state index contributed by atoms with van der Waals surface area (Å²) in [5.74, 6) is 0. The van der Waals surface area contributed by atoms with Crippen LogP contribution in [0.15, 0.2) is 30.5 Å². The van der Waals surface area contributed by atoms with Crippen LogP contribution in [0.1, 0.15) is 25.8 Å². The van der Waals surface area contributed by atoms with Crippen LogP contribution < -0.4 is 0 Å². The Bertz CT molecular complexity index is 540. The maximum Gasteiger partial charge on any atom is 0.0534 e. The second kappa shape index (κ2) is 2.89. The molecule has 0 spiro atoms. The van der Waals surface area contributed by atoms with Gasteiger partial charge in [-0.05, 0) is 28.9 Å². The molecule has 2 nitrogen and oxygen atoms in total. The highest BCUT2D eigenvalue weighted by molar-refractivity contribution is 5.84. The summed E-state index contributed by atoms with van der Waals surface area (Å²) in [5.41, 5.74) is 2.61. The van der Waals surface area contributed by atoms with E-state index in [1.54, 1.807) is 0 Å². The third-order valence-electron chi connectivity index (χ3n) is 4.29. The molecule has 84 valence electrons. The van der Waals surface area contributed by atoms with Crippen LogP contribution in [0.25, 0.3) is 10.9 Å². The van der Waals surface area contributed by atoms with E-state index < -0.39 is 0 Å². The molecule has 0 aliphatic heterocycles. The Morgan fingerprint density at radius 2 is 2.06 bits per heavy atom. The average Bonchev–Trinajstić information content (AvgIpc) is 2.65. The minimum Gasteiger partial charge on any atom is -0.395 e. The van der Waals surface area contributed by atoms with E-state index in [4.69, 9.17) is 0 Å². The number of hydrogen-bond donors (Lipinski definition) is 2. The zero-order valence-corrected chi connectivity index (χ0v) is 9.75. The van der Waals surface area contributed by atoms with Crippen molar-refractivity contribution in [3.63, 3.8) is 0 Å². The van der Waals surface area contributed by atoms with Crippen molar-refractivity contribution in [3.8, 4) is 0 Å². The molecule has 1 aliphatic carbocycles. The van der Waals surface area contributed by atoms with Crippen molar-refractivity contribution in [2.75, 3.05) is 6.61 Å². The third-order valence-corrected chi connectivity index (χ3v) is 4.29. The smallest absolute Gasteiger partial charge is 0.0534 e. The van der Waals surface area contributed by atoms with Crippen LogP contribution in [0.3, 0.4) is 0 Å². The molecule has 1 saturated carbocycles. The second-order valence-corrected chi connectivity index (χ2v) is 5.55. The fraction of sp³-hybridized carbons (Fsp3) is 0.429. The topological polar surface area (TPSA) is 36.0 Å². The van der Waals surface area contributed by atoms with E-state index >= 15 is 0 Å². The summed E-state index contributed by atoms with van der Waals surface area (Å²) in [6.45, 7) is 4.69. The van der Waals surface area contributed by atoms with Gasteiger partial charge in [0.15, 0.2) is 0 Å². The minimum atomic E-state index is -0.0443. The van der Waals surface area contributed by atoms with Gasteiger partial charge in [-0.25, -0.2) is 0 Å². The number of hydrogen-bond acceptors (Lipinski definition) is 1. The van der Waals surface area contributed by atoms with E-state index in [2.05, 4.69) is 43.1 Å². The van der Waals surface area contributed by atoms with Crippen molar-refractivity contribution < 1.29 is 5.11 Å². The summed E-state index contributed by atoms with van der Waals surface area (Å²) in [5, 5.41) is 11.0. The van der Waals surface area contributed by atoms with Crippen LogP contribution in [-0.2, 0) is 5.41 Å². The summed E-state index contributed by atoms with van der Waals surface area (Å²) in [7, 11) is 0. The fourth-order valence-corrected chi connectivity index (χ4v) is 3.01. The Balaban J connectivity index is 2.23. The molecule has 1 aromatic carbocycles. The van der Waals surface area contributed by atoms with E-state index in [9.17, 15) is 5.11 Å². The van der Waals surface area contributed by atoms with Crippen molar-refractivity contribution in [2.45, 2.75) is 25.7 Å². The summed E-state index contributed by atoms with van der Waals surface area (Å²) < 4.78 is 0. The molecule has 0 radical (unpaired) electrons. The quantitative estimate of drug-likeness (QED) is 0.794. The Morgan fingerprint density at radius 1 is 1.31 bits per heavy atom. The molecule has 1 aromatic heterocycles. The van der Waals surface area contributed by atoms with Crippen molar-refractivity contribution in [1.29, 1.82) is 0 Å². The maximum absolute atomic E-state index is 9.73. The standard InChI is InChI=1S/C14H17NO/c1-13(2)8-14(13,9-16)11-5-3-4-10-6-7-15-12(10)11/h3-7,15-16H,8-9H2,1-2H3. The predicted molar refractivity (Wildman–Crippen MR) is 65.5 cm³/mol. The lowest BCUT2D eigenvalue weighted by Crippen LogP contribution is -2.19. The molecular formula is C14H17NO. The van der Waals surface area contributed by atoms with Crippen LogP contribution in [0.5, 0.6) is 0 Å². The summed E-state index contributed by atoms with van der Waals surface area (Å²) in [4.78, 5) is 3.30. The van der Waals surface area contributed by atoms with Gasteiger partial charge in [0.1, 0.15) is 0 Å². The Kier molecular flexibility index (Phi) is 1.79. The van der Waals surface area contributed by atoms with Gasteiger partial charge < -0.3 is 10.1 Å². The first kappa shape index (κ1) is 9.91. The number of rotatable bonds is 2. The van der Waals surface area contributed by atoms with Crippen LogP contribution in [0.4, 0.5) is 0 Å². The lowest BCUT2D eigenvalue weighted by molar-refractivity contribution is 0.232. The highest BCUT2D eigenvalue weighted by Crippen LogP contribution is 2.64. The lowest BCUT2D eigenvalue weighted by atomic mass is 9.87. The molecule has 16 heavy (non-hydrogen) atoms. The van der Waals surface area contributed by atoms with Crippen molar-refractivity contribution in [3.05, 3.63) is 36.0 Å². The van der Waals surface area contributed by atoms with Gasteiger partial charge in [0.2, 0.25) is 0 Å². The Morgan fingerprint density at radius 3 is 2.69 bits per heavy atom. The van der Waals surface area contributed by atoms with Gasteiger partial charge in [-0.1, -0.05) is 32.0 Å². The molecule has 1 fully saturated rings. The Labute approximate surface area is 95.3 Å². The molecule has 1 unspecified atom stereocenters. The average molecular weight is 215 g/mol. The highest BCUT2D eigenvalue weighted by Gasteiger charge is 2.62. The van der Waals surface area contributed by atoms with Gasteiger partial charge in [-0.15, -0.1) is 0 Å². The van der Waals surface area contributed by atoms with E-state index in [0.717, 1.165) is 6.42 Å². The molecule has 1 atom stereocenters.